The zero-order valence-corrected chi connectivity index (χ0v) is 23.4. The molecule has 2 N–H and O–H groups in total. The van der Waals surface area contributed by atoms with Gasteiger partial charge < -0.3 is 25.0 Å². The zero-order valence-electron chi connectivity index (χ0n) is 23.4. The first-order valence-electron chi connectivity index (χ1n) is 13.3. The van der Waals surface area contributed by atoms with Crippen molar-refractivity contribution in [2.45, 2.75) is 26.8 Å². The number of nitrogens with one attached hydrogen (secondary N) is 2. The van der Waals surface area contributed by atoms with Gasteiger partial charge in [0.1, 0.15) is 6.04 Å². The second kappa shape index (κ2) is 11.5. The number of hydrogen-bond donors (Lipinski definition) is 2. The monoisotopic (exact) mass is 538 g/mol. The van der Waals surface area contributed by atoms with Gasteiger partial charge in [-0.3, -0.25) is 4.79 Å². The third-order valence-electron chi connectivity index (χ3n) is 7.11. The topological polar surface area (TPSA) is 93.5 Å². The van der Waals surface area contributed by atoms with Crippen LogP contribution in [0.3, 0.4) is 0 Å². The molecule has 1 amide bonds. The van der Waals surface area contributed by atoms with Crippen LogP contribution < -0.4 is 25.0 Å². The van der Waals surface area contributed by atoms with Crippen LogP contribution >= 0.6 is 0 Å². The number of allylic oxidation sites excluding steroid dienone is 1. The van der Waals surface area contributed by atoms with Crippen LogP contribution in [-0.4, -0.2) is 48.0 Å². The van der Waals surface area contributed by atoms with Gasteiger partial charge in [0.05, 0.1) is 19.8 Å². The lowest BCUT2D eigenvalue weighted by Crippen LogP contribution is -2.31. The van der Waals surface area contributed by atoms with Crippen molar-refractivity contribution in [2.75, 3.05) is 42.8 Å². The summed E-state index contributed by atoms with van der Waals surface area (Å²) in [5, 5.41) is 11.2. The van der Waals surface area contributed by atoms with E-state index in [0.29, 0.717) is 40.2 Å². The van der Waals surface area contributed by atoms with Gasteiger partial charge in [-0.1, -0.05) is 24.3 Å². The number of para-hydroxylation sites is 1. The summed E-state index contributed by atoms with van der Waals surface area (Å²) in [6.07, 6.45) is 0. The van der Waals surface area contributed by atoms with E-state index >= 15 is 0 Å². The molecule has 1 unspecified atom stereocenters. The van der Waals surface area contributed by atoms with Crippen LogP contribution in [0.25, 0.3) is 11.4 Å². The highest BCUT2D eigenvalue weighted by Crippen LogP contribution is 2.40. The summed E-state index contributed by atoms with van der Waals surface area (Å²) in [6.45, 7) is 8.03. The second-order valence-electron chi connectivity index (χ2n) is 9.42. The maximum absolute atomic E-state index is 13.8. The molecule has 0 saturated carbocycles. The molecular weight excluding hydrogens is 504 g/mol. The lowest BCUT2D eigenvalue weighted by molar-refractivity contribution is -0.113. The van der Waals surface area contributed by atoms with Crippen molar-refractivity contribution in [2.24, 2.45) is 0 Å². The lowest BCUT2D eigenvalue weighted by atomic mass is 9.94. The number of anilines is 3. The van der Waals surface area contributed by atoms with Gasteiger partial charge in [0.25, 0.3) is 5.91 Å². The van der Waals surface area contributed by atoms with Gasteiger partial charge >= 0.3 is 0 Å². The SMILES string of the molecule is CCN(CC)c1ccc(-c2nc3n(n2)C(c2ccc(OC)c(OC)c2)C(C(=O)Nc2ccccc2)=C(C)N3)cc1. The minimum atomic E-state index is -0.559. The average molecular weight is 539 g/mol. The number of benzene rings is 3. The van der Waals surface area contributed by atoms with E-state index in [1.807, 2.05) is 67.6 Å². The van der Waals surface area contributed by atoms with Gasteiger partial charge in [-0.15, -0.1) is 5.10 Å². The van der Waals surface area contributed by atoms with E-state index in [9.17, 15) is 4.79 Å². The van der Waals surface area contributed by atoms with Crippen molar-refractivity contribution >= 4 is 23.2 Å². The Labute approximate surface area is 234 Å². The Morgan fingerprint density at radius 2 is 1.68 bits per heavy atom. The van der Waals surface area contributed by atoms with Crippen molar-refractivity contribution in [1.82, 2.24) is 14.8 Å². The number of nitrogens with zero attached hydrogens (tertiary/aromatic N) is 4. The van der Waals surface area contributed by atoms with Gasteiger partial charge in [0.2, 0.25) is 5.95 Å². The van der Waals surface area contributed by atoms with E-state index in [1.165, 1.54) is 0 Å². The summed E-state index contributed by atoms with van der Waals surface area (Å²) in [4.78, 5) is 20.9. The lowest BCUT2D eigenvalue weighted by Gasteiger charge is -2.29. The smallest absolute Gasteiger partial charge is 0.255 e. The molecule has 9 nitrogen and oxygen atoms in total. The minimum Gasteiger partial charge on any atom is -0.493 e. The second-order valence-corrected chi connectivity index (χ2v) is 9.42. The third kappa shape index (κ3) is 5.10. The predicted molar refractivity (Wildman–Crippen MR) is 158 cm³/mol. The van der Waals surface area contributed by atoms with E-state index in [-0.39, 0.29) is 5.91 Å². The van der Waals surface area contributed by atoms with E-state index < -0.39 is 6.04 Å². The molecular formula is C31H34N6O3. The molecule has 40 heavy (non-hydrogen) atoms. The Morgan fingerprint density at radius 3 is 2.33 bits per heavy atom. The molecule has 4 aromatic rings. The molecule has 206 valence electrons. The number of carbonyl (C=O) groups excluding carboxylic acids is 1. The summed E-state index contributed by atoms with van der Waals surface area (Å²) in [7, 11) is 3.19. The molecule has 1 aliphatic heterocycles. The molecule has 0 fully saturated rings. The van der Waals surface area contributed by atoms with E-state index in [1.54, 1.807) is 18.9 Å². The maximum Gasteiger partial charge on any atom is 0.255 e. The quantitative estimate of drug-likeness (QED) is 0.281. The van der Waals surface area contributed by atoms with Crippen LogP contribution in [0.5, 0.6) is 11.5 Å². The molecule has 0 aliphatic carbocycles. The van der Waals surface area contributed by atoms with Gasteiger partial charge in [0.15, 0.2) is 17.3 Å². The summed E-state index contributed by atoms with van der Waals surface area (Å²) >= 11 is 0. The molecule has 0 saturated heterocycles. The summed E-state index contributed by atoms with van der Waals surface area (Å²) in [5.41, 5.74) is 4.77. The Bertz CT molecular complexity index is 1520. The Kier molecular flexibility index (Phi) is 7.72. The van der Waals surface area contributed by atoms with Crippen LogP contribution in [0.1, 0.15) is 32.4 Å². The van der Waals surface area contributed by atoms with Crippen LogP contribution in [0.4, 0.5) is 17.3 Å². The highest BCUT2D eigenvalue weighted by Gasteiger charge is 2.35. The first kappa shape index (κ1) is 26.8. The summed E-state index contributed by atoms with van der Waals surface area (Å²) in [6, 6.07) is 22.7. The predicted octanol–water partition coefficient (Wildman–Crippen LogP) is 5.74. The van der Waals surface area contributed by atoms with Gasteiger partial charge in [-0.2, -0.15) is 4.98 Å². The van der Waals surface area contributed by atoms with Gasteiger partial charge in [0, 0.05) is 35.7 Å². The fourth-order valence-electron chi connectivity index (χ4n) is 5.03. The number of methoxy groups -OCH3 is 2. The molecule has 0 spiro atoms. The highest BCUT2D eigenvalue weighted by atomic mass is 16.5. The van der Waals surface area contributed by atoms with E-state index in [0.717, 1.165) is 29.9 Å². The first-order chi connectivity index (χ1) is 19.5. The van der Waals surface area contributed by atoms with Crippen molar-refractivity contribution in [3.8, 4) is 22.9 Å². The highest BCUT2D eigenvalue weighted by molar-refractivity contribution is 6.06. The Hall–Kier alpha value is -4.79. The van der Waals surface area contributed by atoms with Crippen molar-refractivity contribution < 1.29 is 14.3 Å². The largest absolute Gasteiger partial charge is 0.493 e. The Balaban J connectivity index is 1.58. The van der Waals surface area contributed by atoms with Crippen LogP contribution in [0.15, 0.2) is 84.1 Å². The number of carbonyl (C=O) groups is 1. The third-order valence-corrected chi connectivity index (χ3v) is 7.11. The van der Waals surface area contributed by atoms with E-state index in [4.69, 9.17) is 19.6 Å². The van der Waals surface area contributed by atoms with Crippen molar-refractivity contribution in [1.29, 1.82) is 0 Å². The molecule has 3 aromatic carbocycles. The van der Waals surface area contributed by atoms with Gasteiger partial charge in [-0.25, -0.2) is 4.68 Å². The van der Waals surface area contributed by atoms with Crippen LogP contribution in [0, 0.1) is 0 Å². The van der Waals surface area contributed by atoms with E-state index in [2.05, 4.69) is 41.5 Å². The average Bonchev–Trinajstić information content (AvgIpc) is 3.41. The number of aromatic nitrogens is 3. The Morgan fingerprint density at radius 1 is 0.975 bits per heavy atom. The molecule has 0 bridgehead atoms. The number of ether oxygens (including phenoxy) is 2. The summed E-state index contributed by atoms with van der Waals surface area (Å²) < 4.78 is 12.8. The van der Waals surface area contributed by atoms with Crippen molar-refractivity contribution in [3.05, 3.63) is 89.6 Å². The van der Waals surface area contributed by atoms with Crippen molar-refractivity contribution in [3.63, 3.8) is 0 Å². The molecule has 1 aromatic heterocycles. The minimum absolute atomic E-state index is 0.234. The van der Waals surface area contributed by atoms with Crippen LogP contribution in [-0.2, 0) is 4.79 Å². The fraction of sp³-hybridized carbons (Fsp3) is 0.258. The number of fused-ring (bicyclic) bond motifs is 1. The molecule has 5 rings (SSSR count). The molecule has 9 heteroatoms. The standard InChI is InChI=1S/C31H34N6O3/c1-6-36(7-2)24-16-13-21(14-17-24)29-34-31-32-20(3)27(30(38)33-23-11-9-8-10-12-23)28(37(31)35-29)22-15-18-25(39-4)26(19-22)40-5/h8-19,28H,6-7H2,1-5H3,(H,33,38)(H,32,34,35). The maximum atomic E-state index is 13.8. The number of hydrogen-bond acceptors (Lipinski definition) is 7. The molecule has 0 radical (unpaired) electrons. The number of amides is 1. The molecule has 1 atom stereocenters. The van der Waals surface area contributed by atoms with Gasteiger partial charge in [-0.05, 0) is 74.9 Å². The van der Waals surface area contributed by atoms with Crippen LogP contribution in [0.2, 0.25) is 0 Å². The molecule has 1 aliphatic rings. The fourth-order valence-corrected chi connectivity index (χ4v) is 5.03. The summed E-state index contributed by atoms with van der Waals surface area (Å²) in [5.74, 6) is 2.05. The zero-order chi connectivity index (χ0) is 28.2. The normalized spacial score (nSPS) is 14.3. The molecule has 2 heterocycles. The first-order valence-corrected chi connectivity index (χ1v) is 13.3. The number of rotatable bonds is 9.